The Morgan fingerprint density at radius 1 is 1.12 bits per heavy atom. The van der Waals surface area contributed by atoms with E-state index >= 15 is 0 Å². The van der Waals surface area contributed by atoms with Gasteiger partial charge in [0, 0.05) is 10.4 Å². The minimum atomic E-state index is -4.45. The topological polar surface area (TPSA) is 57.2 Å². The number of hydrogen-bond donors (Lipinski definition) is 0. The Balaban J connectivity index is 0.00000128. The number of hydrogen-bond acceptors (Lipinski definition) is 3. The third kappa shape index (κ3) is 3.05. The molecule has 0 aromatic heterocycles. The summed E-state index contributed by atoms with van der Waals surface area (Å²) in [5, 5.41) is 1.44. The summed E-state index contributed by atoms with van der Waals surface area (Å²) in [5.41, 5.74) is 0. The first-order valence-corrected chi connectivity index (χ1v) is 5.91. The fourth-order valence-corrected chi connectivity index (χ4v) is 2.30. The van der Waals surface area contributed by atoms with Crippen molar-refractivity contribution in [2.45, 2.75) is 4.90 Å². The van der Waals surface area contributed by atoms with Gasteiger partial charge in [0.05, 0.1) is 4.90 Å². The van der Waals surface area contributed by atoms with Gasteiger partial charge in [-0.2, -0.15) is 0 Å². The largest absolute Gasteiger partial charge is 1.00 e. The van der Waals surface area contributed by atoms with E-state index in [0.29, 0.717) is 15.8 Å². The molecule has 78 valence electrons. The van der Waals surface area contributed by atoms with Crippen LogP contribution in [0.1, 0.15) is 0 Å². The van der Waals surface area contributed by atoms with Gasteiger partial charge in [-0.25, -0.2) is 8.42 Å². The quantitative estimate of drug-likeness (QED) is 0.518. The summed E-state index contributed by atoms with van der Waals surface area (Å²) in [6.07, 6.45) is 0. The molecule has 0 radical (unpaired) electrons. The average Bonchev–Trinajstić information content (AvgIpc) is 2.15. The van der Waals surface area contributed by atoms with Crippen molar-refractivity contribution in [2.75, 3.05) is 0 Å². The van der Waals surface area contributed by atoms with Crippen LogP contribution in [0.3, 0.4) is 0 Å². The van der Waals surface area contributed by atoms with Gasteiger partial charge in [-0.3, -0.25) is 0 Å². The molecule has 0 fully saturated rings. The average molecular weight is 281 g/mol. The minimum absolute atomic E-state index is 0. The molecule has 0 unspecified atom stereocenters. The van der Waals surface area contributed by atoms with Crippen molar-refractivity contribution in [1.29, 1.82) is 0 Å². The third-order valence-corrected chi connectivity index (χ3v) is 3.20. The molecule has 2 rings (SSSR count). The van der Waals surface area contributed by atoms with E-state index in [1.54, 1.807) is 18.2 Å². The Labute approximate surface area is 141 Å². The van der Waals surface area contributed by atoms with Crippen molar-refractivity contribution < 1.29 is 64.4 Å². The van der Waals surface area contributed by atoms with Gasteiger partial charge in [0.2, 0.25) is 0 Å². The van der Waals surface area contributed by atoms with Crippen molar-refractivity contribution in [3.63, 3.8) is 0 Å². The van der Waals surface area contributed by atoms with Gasteiger partial charge in [0.1, 0.15) is 10.1 Å². The van der Waals surface area contributed by atoms with Crippen LogP contribution in [0.25, 0.3) is 10.8 Å². The summed E-state index contributed by atoms with van der Waals surface area (Å²) < 4.78 is 32.9. The SMILES string of the molecule is O=S(=O)([O-])c1cccc2ccc(Cl)cc12.[K+]. The molecule has 0 saturated carbocycles. The second-order valence-electron chi connectivity index (χ2n) is 3.08. The van der Waals surface area contributed by atoms with E-state index in [9.17, 15) is 13.0 Å². The maximum atomic E-state index is 11.0. The third-order valence-electron chi connectivity index (χ3n) is 2.07. The fraction of sp³-hybridized carbons (Fsp3) is 0. The van der Waals surface area contributed by atoms with Crippen LogP contribution >= 0.6 is 11.6 Å². The van der Waals surface area contributed by atoms with Crippen molar-refractivity contribution >= 4 is 32.5 Å². The number of benzene rings is 2. The van der Waals surface area contributed by atoms with Gasteiger partial charge in [0.25, 0.3) is 0 Å². The zero-order valence-electron chi connectivity index (χ0n) is 8.48. The first-order chi connectivity index (χ1) is 6.98. The Morgan fingerprint density at radius 3 is 2.44 bits per heavy atom. The van der Waals surface area contributed by atoms with Gasteiger partial charge in [0.15, 0.2) is 0 Å². The molecule has 0 N–H and O–H groups in total. The van der Waals surface area contributed by atoms with E-state index in [4.69, 9.17) is 11.6 Å². The van der Waals surface area contributed by atoms with E-state index in [2.05, 4.69) is 0 Å². The predicted molar refractivity (Wildman–Crippen MR) is 56.9 cm³/mol. The van der Waals surface area contributed by atoms with Gasteiger partial charge in [-0.05, 0) is 23.6 Å². The molecular formula is C10H6ClKO3S. The van der Waals surface area contributed by atoms with E-state index in [0.717, 1.165) is 0 Å². The predicted octanol–water partition coefficient (Wildman–Crippen LogP) is -0.599. The monoisotopic (exact) mass is 280 g/mol. The Kier molecular flexibility index (Phi) is 4.97. The second-order valence-corrected chi connectivity index (χ2v) is 4.86. The minimum Gasteiger partial charge on any atom is -0.744 e. The standard InChI is InChI=1S/C10H7ClO3S.K/c11-8-5-4-7-2-1-3-10(9(7)6-8)15(12,13)14;/h1-6H,(H,12,13,14);/q;+1/p-1. The van der Waals surface area contributed by atoms with Crippen LogP contribution in [0.15, 0.2) is 41.3 Å². The van der Waals surface area contributed by atoms with E-state index in [-0.39, 0.29) is 56.3 Å². The molecule has 0 spiro atoms. The van der Waals surface area contributed by atoms with E-state index < -0.39 is 10.1 Å². The van der Waals surface area contributed by atoms with Crippen LogP contribution in [0.5, 0.6) is 0 Å². The van der Waals surface area contributed by atoms with Crippen LogP contribution < -0.4 is 51.4 Å². The Hall–Kier alpha value is 0.536. The van der Waals surface area contributed by atoms with Gasteiger partial charge in [-0.15, -0.1) is 0 Å². The second kappa shape index (κ2) is 5.45. The van der Waals surface area contributed by atoms with Crippen molar-refractivity contribution in [3.8, 4) is 0 Å². The van der Waals surface area contributed by atoms with Crippen LogP contribution in [-0.2, 0) is 10.1 Å². The van der Waals surface area contributed by atoms with Crippen LogP contribution in [0.4, 0.5) is 0 Å². The summed E-state index contributed by atoms with van der Waals surface area (Å²) in [7, 11) is -4.45. The zero-order chi connectivity index (χ0) is 11.1. The van der Waals surface area contributed by atoms with Gasteiger partial charge >= 0.3 is 51.4 Å². The zero-order valence-corrected chi connectivity index (χ0v) is 13.2. The number of halogens is 1. The van der Waals surface area contributed by atoms with Crippen molar-refractivity contribution in [2.24, 2.45) is 0 Å². The summed E-state index contributed by atoms with van der Waals surface area (Å²) in [4.78, 5) is -0.234. The molecule has 0 atom stereocenters. The molecule has 0 amide bonds. The van der Waals surface area contributed by atoms with E-state index in [1.807, 2.05) is 0 Å². The molecule has 2 aromatic rings. The normalized spacial score (nSPS) is 11.1. The maximum absolute atomic E-state index is 11.0. The summed E-state index contributed by atoms with van der Waals surface area (Å²) in [6.45, 7) is 0. The van der Waals surface area contributed by atoms with Gasteiger partial charge in [-0.1, -0.05) is 29.8 Å². The number of fused-ring (bicyclic) bond motifs is 1. The van der Waals surface area contributed by atoms with Crippen LogP contribution in [0, 0.1) is 0 Å². The Morgan fingerprint density at radius 2 is 1.81 bits per heavy atom. The number of rotatable bonds is 1. The van der Waals surface area contributed by atoms with Crippen molar-refractivity contribution in [1.82, 2.24) is 0 Å². The van der Waals surface area contributed by atoms with E-state index in [1.165, 1.54) is 18.2 Å². The summed E-state index contributed by atoms with van der Waals surface area (Å²) in [5.74, 6) is 0. The maximum Gasteiger partial charge on any atom is 1.00 e. The molecule has 0 saturated heterocycles. The summed E-state index contributed by atoms with van der Waals surface area (Å²) in [6, 6.07) is 9.32. The molecule has 0 bridgehead atoms. The Bertz CT molecular complexity index is 625. The molecule has 6 heteroatoms. The molecule has 0 aliphatic rings. The fourth-order valence-electron chi connectivity index (χ4n) is 1.43. The van der Waals surface area contributed by atoms with Crippen LogP contribution in [-0.4, -0.2) is 13.0 Å². The molecule has 16 heavy (non-hydrogen) atoms. The molecule has 3 nitrogen and oxygen atoms in total. The molecule has 0 heterocycles. The molecule has 0 aliphatic heterocycles. The molecule has 0 aliphatic carbocycles. The van der Waals surface area contributed by atoms with Crippen molar-refractivity contribution in [3.05, 3.63) is 41.4 Å². The first-order valence-electron chi connectivity index (χ1n) is 4.13. The van der Waals surface area contributed by atoms with Gasteiger partial charge < -0.3 is 4.55 Å². The molecular weight excluding hydrogens is 275 g/mol. The van der Waals surface area contributed by atoms with Crippen LogP contribution in [0.2, 0.25) is 5.02 Å². The first kappa shape index (κ1) is 14.6. The summed E-state index contributed by atoms with van der Waals surface area (Å²) >= 11 is 5.74. The molecule has 2 aromatic carbocycles. The smallest absolute Gasteiger partial charge is 0.744 e.